The monoisotopic (exact) mass is 279 g/mol. The van der Waals surface area contributed by atoms with E-state index in [0.29, 0.717) is 25.3 Å². The van der Waals surface area contributed by atoms with Crippen LogP contribution in [0.3, 0.4) is 0 Å². The van der Waals surface area contributed by atoms with Gasteiger partial charge in [-0.05, 0) is 12.1 Å². The van der Waals surface area contributed by atoms with Crippen LogP contribution in [0.1, 0.15) is 6.42 Å². The van der Waals surface area contributed by atoms with Crippen molar-refractivity contribution in [1.82, 2.24) is 10.6 Å². The summed E-state index contributed by atoms with van der Waals surface area (Å²) in [6.45, 7) is 0.766. The maximum Gasteiger partial charge on any atom is 0.312 e. The molecule has 1 aromatic rings. The van der Waals surface area contributed by atoms with Crippen LogP contribution in [0.15, 0.2) is 24.3 Å². The second-order valence-electron chi connectivity index (χ2n) is 4.35. The predicted molar refractivity (Wildman–Crippen MR) is 71.6 cm³/mol. The van der Waals surface area contributed by atoms with Crippen LogP contribution in [0.5, 0.6) is 11.5 Å². The Labute approximate surface area is 116 Å². The number of para-hydroxylation sites is 2. The quantitative estimate of drug-likeness (QED) is 0.706. The van der Waals surface area contributed by atoms with Crippen molar-refractivity contribution in [2.45, 2.75) is 12.5 Å². The molecule has 1 heterocycles. The Kier molecular flexibility index (Phi) is 4.65. The summed E-state index contributed by atoms with van der Waals surface area (Å²) >= 11 is 0. The number of fused-ring (bicyclic) bond motifs is 1. The summed E-state index contributed by atoms with van der Waals surface area (Å²) in [4.78, 5) is 21.8. The Balaban J connectivity index is 1.68. The summed E-state index contributed by atoms with van der Waals surface area (Å²) in [5.41, 5.74) is 4.86. The van der Waals surface area contributed by atoms with E-state index in [2.05, 4.69) is 10.6 Å². The molecule has 0 saturated carbocycles. The van der Waals surface area contributed by atoms with Crippen LogP contribution in [0.2, 0.25) is 0 Å². The Bertz CT molecular complexity index is 492. The number of benzene rings is 1. The number of carbonyl (C=O) groups excluding carboxylic acids is 2. The van der Waals surface area contributed by atoms with Gasteiger partial charge in [0.05, 0.1) is 6.54 Å². The van der Waals surface area contributed by atoms with E-state index in [0.717, 1.165) is 5.75 Å². The molecular formula is C13H17N3O4. The van der Waals surface area contributed by atoms with Gasteiger partial charge in [0.25, 0.3) is 0 Å². The molecule has 1 atom stereocenters. The molecule has 1 aliphatic heterocycles. The average molecular weight is 279 g/mol. The van der Waals surface area contributed by atoms with E-state index in [1.807, 2.05) is 24.3 Å². The molecule has 0 fully saturated rings. The largest absolute Gasteiger partial charge is 0.486 e. The molecule has 108 valence electrons. The third-order valence-corrected chi connectivity index (χ3v) is 2.78. The van der Waals surface area contributed by atoms with Gasteiger partial charge in [0.15, 0.2) is 11.5 Å². The van der Waals surface area contributed by atoms with Gasteiger partial charge in [-0.25, -0.2) is 4.79 Å². The van der Waals surface area contributed by atoms with Crippen molar-refractivity contribution < 1.29 is 19.1 Å². The Hall–Kier alpha value is -2.44. The first-order valence-electron chi connectivity index (χ1n) is 6.33. The van der Waals surface area contributed by atoms with Crippen molar-refractivity contribution in [3.63, 3.8) is 0 Å². The van der Waals surface area contributed by atoms with E-state index < -0.39 is 6.03 Å². The third-order valence-electron chi connectivity index (χ3n) is 2.78. The molecule has 1 aliphatic rings. The number of nitrogens with two attached hydrogens (primary N) is 1. The summed E-state index contributed by atoms with van der Waals surface area (Å²) in [6.07, 6.45) is 0.519. The van der Waals surface area contributed by atoms with E-state index >= 15 is 0 Å². The lowest BCUT2D eigenvalue weighted by Gasteiger charge is -2.26. The van der Waals surface area contributed by atoms with Gasteiger partial charge < -0.3 is 25.8 Å². The maximum atomic E-state index is 11.3. The first-order valence-corrected chi connectivity index (χ1v) is 6.33. The zero-order chi connectivity index (χ0) is 14.4. The standard InChI is InChI=1S/C13H17N3O4/c14-13(18)16-7-12(17)15-6-5-9-8-19-10-3-1-2-4-11(10)20-9/h1-4,9H,5-8H2,(H,15,17)(H3,14,16,18). The van der Waals surface area contributed by atoms with Gasteiger partial charge in [0.2, 0.25) is 5.91 Å². The van der Waals surface area contributed by atoms with E-state index in [1.165, 1.54) is 0 Å². The van der Waals surface area contributed by atoms with Gasteiger partial charge in [0.1, 0.15) is 12.7 Å². The highest BCUT2D eigenvalue weighted by Gasteiger charge is 2.20. The van der Waals surface area contributed by atoms with Gasteiger partial charge in [-0.3, -0.25) is 4.79 Å². The van der Waals surface area contributed by atoms with E-state index in [9.17, 15) is 9.59 Å². The maximum absolute atomic E-state index is 11.3. The number of carbonyl (C=O) groups is 2. The summed E-state index contributed by atoms with van der Waals surface area (Å²) in [5.74, 6) is 1.16. The van der Waals surface area contributed by atoms with Crippen LogP contribution in [0.25, 0.3) is 0 Å². The normalized spacial score (nSPS) is 16.3. The fourth-order valence-corrected chi connectivity index (χ4v) is 1.81. The van der Waals surface area contributed by atoms with Crippen LogP contribution in [-0.2, 0) is 4.79 Å². The molecule has 4 N–H and O–H groups in total. The Morgan fingerprint density at radius 3 is 2.75 bits per heavy atom. The highest BCUT2D eigenvalue weighted by Crippen LogP contribution is 2.31. The predicted octanol–water partition coefficient (Wildman–Crippen LogP) is 0.00100. The fourth-order valence-electron chi connectivity index (χ4n) is 1.81. The Morgan fingerprint density at radius 2 is 2.00 bits per heavy atom. The molecule has 0 spiro atoms. The second kappa shape index (κ2) is 6.65. The number of hydrogen-bond acceptors (Lipinski definition) is 4. The fraction of sp³-hybridized carbons (Fsp3) is 0.385. The molecule has 0 radical (unpaired) electrons. The van der Waals surface area contributed by atoms with Crippen molar-refractivity contribution >= 4 is 11.9 Å². The number of rotatable bonds is 5. The Morgan fingerprint density at radius 1 is 1.25 bits per heavy atom. The molecular weight excluding hydrogens is 262 g/mol. The van der Waals surface area contributed by atoms with Gasteiger partial charge >= 0.3 is 6.03 Å². The summed E-state index contributed by atoms with van der Waals surface area (Å²) < 4.78 is 11.3. The molecule has 7 heteroatoms. The molecule has 0 aromatic heterocycles. The van der Waals surface area contributed by atoms with Crippen molar-refractivity contribution in [2.75, 3.05) is 19.7 Å². The van der Waals surface area contributed by atoms with E-state index in [4.69, 9.17) is 15.2 Å². The van der Waals surface area contributed by atoms with Gasteiger partial charge in [-0.1, -0.05) is 12.1 Å². The summed E-state index contributed by atoms with van der Waals surface area (Å²) in [6, 6.07) is 6.73. The SMILES string of the molecule is NC(=O)NCC(=O)NCCC1COc2ccccc2O1. The van der Waals surface area contributed by atoms with E-state index in [-0.39, 0.29) is 18.6 Å². The lowest BCUT2D eigenvalue weighted by molar-refractivity contribution is -0.120. The molecule has 0 saturated heterocycles. The lowest BCUT2D eigenvalue weighted by Crippen LogP contribution is -2.41. The van der Waals surface area contributed by atoms with Crippen molar-refractivity contribution in [2.24, 2.45) is 5.73 Å². The number of nitrogens with one attached hydrogen (secondary N) is 2. The number of ether oxygens (including phenoxy) is 2. The van der Waals surface area contributed by atoms with Crippen molar-refractivity contribution in [3.8, 4) is 11.5 Å². The zero-order valence-corrected chi connectivity index (χ0v) is 10.9. The van der Waals surface area contributed by atoms with Crippen molar-refractivity contribution in [1.29, 1.82) is 0 Å². The topological polar surface area (TPSA) is 103 Å². The van der Waals surface area contributed by atoms with Crippen LogP contribution >= 0.6 is 0 Å². The highest BCUT2D eigenvalue weighted by molar-refractivity contribution is 5.83. The highest BCUT2D eigenvalue weighted by atomic mass is 16.6. The number of hydrogen-bond donors (Lipinski definition) is 3. The van der Waals surface area contributed by atoms with Gasteiger partial charge in [0, 0.05) is 13.0 Å². The minimum absolute atomic E-state index is 0.103. The summed E-state index contributed by atoms with van der Waals surface area (Å²) in [5, 5.41) is 4.88. The molecule has 3 amide bonds. The lowest BCUT2D eigenvalue weighted by atomic mass is 10.2. The van der Waals surface area contributed by atoms with Gasteiger partial charge in [-0.2, -0.15) is 0 Å². The van der Waals surface area contributed by atoms with E-state index in [1.54, 1.807) is 0 Å². The zero-order valence-electron chi connectivity index (χ0n) is 10.9. The molecule has 0 aliphatic carbocycles. The number of amides is 3. The number of urea groups is 1. The first-order chi connectivity index (χ1) is 9.65. The summed E-state index contributed by atoms with van der Waals surface area (Å²) in [7, 11) is 0. The minimum Gasteiger partial charge on any atom is -0.486 e. The van der Waals surface area contributed by atoms with Crippen molar-refractivity contribution in [3.05, 3.63) is 24.3 Å². The smallest absolute Gasteiger partial charge is 0.312 e. The minimum atomic E-state index is -0.722. The molecule has 20 heavy (non-hydrogen) atoms. The van der Waals surface area contributed by atoms with Crippen LogP contribution < -0.4 is 25.8 Å². The third kappa shape index (κ3) is 4.04. The van der Waals surface area contributed by atoms with Crippen LogP contribution in [0.4, 0.5) is 4.79 Å². The van der Waals surface area contributed by atoms with Gasteiger partial charge in [-0.15, -0.1) is 0 Å². The molecule has 7 nitrogen and oxygen atoms in total. The molecule has 2 rings (SSSR count). The number of primary amides is 1. The first kappa shape index (κ1) is 14.0. The molecule has 0 bridgehead atoms. The molecule has 1 aromatic carbocycles. The molecule has 1 unspecified atom stereocenters. The van der Waals surface area contributed by atoms with Crippen LogP contribution in [-0.4, -0.2) is 37.7 Å². The van der Waals surface area contributed by atoms with Crippen LogP contribution in [0, 0.1) is 0 Å². The average Bonchev–Trinajstić information content (AvgIpc) is 2.45. The second-order valence-corrected chi connectivity index (χ2v) is 4.35.